The summed E-state index contributed by atoms with van der Waals surface area (Å²) in [6.07, 6.45) is 0.948. The van der Waals surface area contributed by atoms with Crippen LogP contribution in [0.25, 0.3) is 33.4 Å². The first-order chi connectivity index (χ1) is 19.4. The lowest BCUT2D eigenvalue weighted by atomic mass is 9.77. The Morgan fingerprint density at radius 1 is 0.487 bits per heavy atom. The third kappa shape index (κ3) is 3.61. The maximum absolute atomic E-state index is 2.46. The maximum atomic E-state index is 2.46. The predicted octanol–water partition coefficient (Wildman–Crippen LogP) is 10.2. The second-order valence-corrected chi connectivity index (χ2v) is 11.5. The van der Waals surface area contributed by atoms with Crippen LogP contribution in [0.4, 0.5) is 0 Å². The summed E-state index contributed by atoms with van der Waals surface area (Å²) < 4.78 is 0. The minimum Gasteiger partial charge on any atom is -0.0895 e. The van der Waals surface area contributed by atoms with Crippen molar-refractivity contribution in [3.05, 3.63) is 167 Å². The van der Waals surface area contributed by atoms with Gasteiger partial charge in [0.2, 0.25) is 0 Å². The molecule has 0 amide bonds. The highest BCUT2D eigenvalue weighted by atomic mass is 32.2. The van der Waals surface area contributed by atoms with E-state index in [1.807, 2.05) is 11.8 Å². The van der Waals surface area contributed by atoms with E-state index in [1.54, 1.807) is 0 Å². The van der Waals surface area contributed by atoms with E-state index in [-0.39, 0.29) is 5.92 Å². The second kappa shape index (κ2) is 9.15. The van der Waals surface area contributed by atoms with Gasteiger partial charge in [0, 0.05) is 15.7 Å². The molecule has 0 N–H and O–H groups in total. The monoisotopic (exact) mass is 514 g/mol. The number of fused-ring (bicyclic) bond motifs is 5. The second-order valence-electron chi connectivity index (χ2n) is 10.4. The smallest absolute Gasteiger partial charge is 0.0361 e. The lowest BCUT2D eigenvalue weighted by Crippen LogP contribution is -2.12. The first-order valence-corrected chi connectivity index (χ1v) is 14.4. The van der Waals surface area contributed by atoms with E-state index in [1.165, 1.54) is 71.0 Å². The van der Waals surface area contributed by atoms with E-state index in [0.717, 1.165) is 6.42 Å². The minimum absolute atomic E-state index is 0.177. The van der Waals surface area contributed by atoms with Crippen LogP contribution in [-0.4, -0.2) is 0 Å². The lowest BCUT2D eigenvalue weighted by Gasteiger charge is -2.30. The van der Waals surface area contributed by atoms with Gasteiger partial charge in [-0.3, -0.25) is 0 Å². The highest BCUT2D eigenvalue weighted by Gasteiger charge is 2.36. The first-order valence-electron chi connectivity index (χ1n) is 13.6. The average Bonchev–Trinajstić information content (AvgIpc) is 3.34. The molecule has 2 aliphatic rings. The van der Waals surface area contributed by atoms with E-state index in [4.69, 9.17) is 0 Å². The Hall–Kier alpha value is -4.33. The van der Waals surface area contributed by atoms with E-state index >= 15 is 0 Å². The van der Waals surface area contributed by atoms with Crippen molar-refractivity contribution in [1.82, 2.24) is 0 Å². The topological polar surface area (TPSA) is 0 Å². The molecule has 6 aromatic rings. The Balaban J connectivity index is 1.52. The molecular formula is C38H26S. The molecule has 1 aliphatic carbocycles. The molecule has 1 heteroatoms. The highest BCUT2D eigenvalue weighted by molar-refractivity contribution is 7.99. The molecule has 0 unspecified atom stereocenters. The SMILES string of the molecule is c1ccc(-c2cc3c(c(C4c5ccccc5-c5ccccc54)c2-c2ccccc2)Cc2ccccc2S3)cc1. The van der Waals surface area contributed by atoms with Crippen molar-refractivity contribution in [2.45, 2.75) is 22.1 Å². The van der Waals surface area contributed by atoms with Crippen molar-refractivity contribution in [3.8, 4) is 33.4 Å². The third-order valence-corrected chi connectivity index (χ3v) is 9.47. The van der Waals surface area contributed by atoms with E-state index in [0.29, 0.717) is 0 Å². The van der Waals surface area contributed by atoms with Crippen molar-refractivity contribution in [1.29, 1.82) is 0 Å². The molecule has 8 rings (SSSR count). The number of rotatable bonds is 3. The van der Waals surface area contributed by atoms with Gasteiger partial charge >= 0.3 is 0 Å². The van der Waals surface area contributed by atoms with Crippen LogP contribution < -0.4 is 0 Å². The Bertz CT molecular complexity index is 1800. The Kier molecular flexibility index (Phi) is 5.31. The molecule has 39 heavy (non-hydrogen) atoms. The zero-order valence-corrected chi connectivity index (χ0v) is 22.3. The zero-order chi connectivity index (χ0) is 25.8. The van der Waals surface area contributed by atoms with Crippen LogP contribution in [0.15, 0.2) is 149 Å². The van der Waals surface area contributed by atoms with Crippen LogP contribution in [0.3, 0.4) is 0 Å². The highest BCUT2D eigenvalue weighted by Crippen LogP contribution is 2.55. The molecule has 1 heterocycles. The Morgan fingerprint density at radius 3 is 1.74 bits per heavy atom. The van der Waals surface area contributed by atoms with E-state index < -0.39 is 0 Å². The number of hydrogen-bond acceptors (Lipinski definition) is 1. The van der Waals surface area contributed by atoms with E-state index in [9.17, 15) is 0 Å². The standard InChI is InChI=1S/C38H26S/c1-3-13-25(14-4-1)32-24-35-33(23-27-17-7-12-22-34(27)39-35)38(36(32)26-15-5-2-6-16-26)37-30-20-10-8-18-28(30)29-19-9-11-21-31(29)37/h1-22,24,37H,23H2. The summed E-state index contributed by atoms with van der Waals surface area (Å²) in [6.45, 7) is 0. The number of hydrogen-bond donors (Lipinski definition) is 0. The van der Waals surface area contributed by atoms with Gasteiger partial charge in [-0.05, 0) is 79.8 Å². The third-order valence-electron chi connectivity index (χ3n) is 8.27. The fraction of sp³-hybridized carbons (Fsp3) is 0.0526. The lowest BCUT2D eigenvalue weighted by molar-refractivity contribution is 0.941. The van der Waals surface area contributed by atoms with Crippen LogP contribution in [-0.2, 0) is 6.42 Å². The first kappa shape index (κ1) is 22.6. The quantitative estimate of drug-likeness (QED) is 0.226. The molecule has 1 aliphatic heterocycles. The van der Waals surface area contributed by atoms with Gasteiger partial charge in [-0.15, -0.1) is 0 Å². The molecule has 0 fully saturated rings. The molecular weight excluding hydrogens is 488 g/mol. The van der Waals surface area contributed by atoms with Gasteiger partial charge in [-0.2, -0.15) is 0 Å². The fourth-order valence-corrected chi connectivity index (χ4v) is 7.73. The van der Waals surface area contributed by atoms with Crippen molar-refractivity contribution in [2.75, 3.05) is 0 Å². The van der Waals surface area contributed by atoms with Crippen molar-refractivity contribution < 1.29 is 0 Å². The summed E-state index contributed by atoms with van der Waals surface area (Å²) in [5, 5.41) is 0. The van der Waals surface area contributed by atoms with Gasteiger partial charge in [0.25, 0.3) is 0 Å². The fourth-order valence-electron chi connectivity index (χ4n) is 6.60. The van der Waals surface area contributed by atoms with Gasteiger partial charge in [-0.25, -0.2) is 0 Å². The molecule has 6 aromatic carbocycles. The molecule has 0 aromatic heterocycles. The summed E-state index contributed by atoms with van der Waals surface area (Å²) >= 11 is 1.93. The van der Waals surface area contributed by atoms with Crippen LogP contribution in [0.1, 0.15) is 33.7 Å². The van der Waals surface area contributed by atoms with E-state index in [2.05, 4.69) is 140 Å². The summed E-state index contributed by atoms with van der Waals surface area (Å²) in [7, 11) is 0. The van der Waals surface area contributed by atoms with Crippen molar-refractivity contribution >= 4 is 11.8 Å². The Labute approximate surface area is 234 Å². The largest absolute Gasteiger partial charge is 0.0895 e. The normalized spacial score (nSPS) is 13.3. The summed E-state index contributed by atoms with van der Waals surface area (Å²) in [6, 6.07) is 51.4. The van der Waals surface area contributed by atoms with Gasteiger partial charge in [-0.1, -0.05) is 139 Å². The summed E-state index contributed by atoms with van der Waals surface area (Å²) in [4.78, 5) is 2.75. The van der Waals surface area contributed by atoms with Crippen LogP contribution in [0.5, 0.6) is 0 Å². The van der Waals surface area contributed by atoms with Gasteiger partial charge in [0.05, 0.1) is 0 Å². The van der Waals surface area contributed by atoms with Crippen LogP contribution in [0.2, 0.25) is 0 Å². The van der Waals surface area contributed by atoms with Crippen LogP contribution >= 0.6 is 11.8 Å². The van der Waals surface area contributed by atoms with Gasteiger partial charge in [0.15, 0.2) is 0 Å². The minimum atomic E-state index is 0.177. The molecule has 0 radical (unpaired) electrons. The molecule has 0 saturated carbocycles. The van der Waals surface area contributed by atoms with Crippen LogP contribution in [0, 0.1) is 0 Å². The molecule has 0 bridgehead atoms. The average molecular weight is 515 g/mol. The molecule has 0 atom stereocenters. The maximum Gasteiger partial charge on any atom is 0.0361 e. The van der Waals surface area contributed by atoms with Crippen molar-refractivity contribution in [3.63, 3.8) is 0 Å². The summed E-state index contributed by atoms with van der Waals surface area (Å²) in [5.41, 5.74) is 15.1. The zero-order valence-electron chi connectivity index (χ0n) is 21.5. The molecule has 184 valence electrons. The molecule has 0 saturated heterocycles. The van der Waals surface area contributed by atoms with Gasteiger partial charge < -0.3 is 0 Å². The predicted molar refractivity (Wildman–Crippen MR) is 164 cm³/mol. The number of benzene rings is 6. The summed E-state index contributed by atoms with van der Waals surface area (Å²) in [5.74, 6) is 0.177. The molecule has 0 spiro atoms. The van der Waals surface area contributed by atoms with Gasteiger partial charge in [0.1, 0.15) is 0 Å². The molecule has 0 nitrogen and oxygen atoms in total. The van der Waals surface area contributed by atoms with Crippen molar-refractivity contribution in [2.24, 2.45) is 0 Å². The Morgan fingerprint density at radius 2 is 1.05 bits per heavy atom.